The number of benzene rings is 1. The van der Waals surface area contributed by atoms with Gasteiger partial charge in [0.25, 0.3) is 6.33 Å². The highest BCUT2D eigenvalue weighted by Gasteiger charge is 2.19. The van der Waals surface area contributed by atoms with Gasteiger partial charge in [0.05, 0.1) is 18.8 Å². The van der Waals surface area contributed by atoms with Crippen LogP contribution in [0.25, 0.3) is 11.1 Å². The Hall–Kier alpha value is -2.30. The molecular formula is C16H18N2O3. The molecule has 0 radical (unpaired) electrons. The van der Waals surface area contributed by atoms with Crippen molar-refractivity contribution in [3.8, 4) is 22.6 Å². The highest BCUT2D eigenvalue weighted by molar-refractivity contribution is 5.65. The second-order valence-electron chi connectivity index (χ2n) is 5.23. The molecule has 21 heavy (non-hydrogen) atoms. The van der Waals surface area contributed by atoms with Crippen LogP contribution < -0.4 is 14.2 Å². The van der Waals surface area contributed by atoms with E-state index in [1.165, 1.54) is 25.4 Å². The lowest BCUT2D eigenvalue weighted by molar-refractivity contribution is -0.608. The summed E-state index contributed by atoms with van der Waals surface area (Å²) < 4.78 is 12.1. The van der Waals surface area contributed by atoms with Crippen molar-refractivity contribution in [2.45, 2.75) is 31.8 Å². The first-order valence-electron chi connectivity index (χ1n) is 7.15. The van der Waals surface area contributed by atoms with Gasteiger partial charge in [-0.15, -0.1) is 0 Å². The van der Waals surface area contributed by atoms with Crippen LogP contribution in [-0.4, -0.2) is 18.2 Å². The zero-order chi connectivity index (χ0) is 14.7. The first-order chi connectivity index (χ1) is 10.3. The van der Waals surface area contributed by atoms with E-state index in [0.717, 1.165) is 29.7 Å². The fourth-order valence-electron chi connectivity index (χ4n) is 2.67. The number of ether oxygens (including phenoxy) is 2. The minimum Gasteiger partial charge on any atom is -0.711 e. The smallest absolute Gasteiger partial charge is 0.289 e. The Bertz CT molecular complexity index is 625. The Morgan fingerprint density at radius 2 is 2.00 bits per heavy atom. The summed E-state index contributed by atoms with van der Waals surface area (Å²) in [6, 6.07) is 5.67. The number of methoxy groups -OCH3 is 1. The van der Waals surface area contributed by atoms with Crippen LogP contribution in [0.1, 0.15) is 25.7 Å². The number of rotatable bonds is 4. The molecule has 1 saturated carbocycles. The number of hydrogen-bond acceptors (Lipinski definition) is 4. The number of aromatic nitrogens is 2. The molecule has 1 heterocycles. The molecule has 0 bridgehead atoms. The molecule has 2 aromatic rings. The molecule has 0 unspecified atom stereocenters. The van der Waals surface area contributed by atoms with Gasteiger partial charge >= 0.3 is 0 Å². The summed E-state index contributed by atoms with van der Waals surface area (Å²) in [5, 5.41) is 11.3. The predicted octanol–water partition coefficient (Wildman–Crippen LogP) is 2.71. The topological polar surface area (TPSA) is 58.3 Å². The zero-order valence-corrected chi connectivity index (χ0v) is 12.0. The molecular weight excluding hydrogens is 268 g/mol. The molecule has 5 nitrogen and oxygen atoms in total. The summed E-state index contributed by atoms with van der Waals surface area (Å²) in [5.41, 5.74) is 1.65. The molecule has 110 valence electrons. The van der Waals surface area contributed by atoms with Crippen LogP contribution in [0.4, 0.5) is 0 Å². The second-order valence-corrected chi connectivity index (χ2v) is 5.23. The fourth-order valence-corrected chi connectivity index (χ4v) is 2.67. The monoisotopic (exact) mass is 286 g/mol. The van der Waals surface area contributed by atoms with Gasteiger partial charge in [-0.25, -0.2) is 4.73 Å². The molecule has 0 aliphatic heterocycles. The van der Waals surface area contributed by atoms with E-state index in [1.807, 2.05) is 18.2 Å². The van der Waals surface area contributed by atoms with Crippen molar-refractivity contribution in [3.05, 3.63) is 42.1 Å². The Morgan fingerprint density at radius 3 is 2.71 bits per heavy atom. The molecule has 5 heteroatoms. The van der Waals surface area contributed by atoms with E-state index in [-0.39, 0.29) is 6.10 Å². The Kier molecular flexibility index (Phi) is 3.90. The van der Waals surface area contributed by atoms with Crippen molar-refractivity contribution in [1.29, 1.82) is 0 Å². The van der Waals surface area contributed by atoms with E-state index >= 15 is 0 Å². The molecule has 0 amide bonds. The van der Waals surface area contributed by atoms with Crippen molar-refractivity contribution in [2.75, 3.05) is 7.11 Å². The molecule has 1 aliphatic rings. The third kappa shape index (κ3) is 3.07. The largest absolute Gasteiger partial charge is 0.711 e. The summed E-state index contributed by atoms with van der Waals surface area (Å²) in [6.07, 6.45) is 9.23. The van der Waals surface area contributed by atoms with Crippen LogP contribution in [0.2, 0.25) is 0 Å². The zero-order valence-electron chi connectivity index (χ0n) is 12.0. The van der Waals surface area contributed by atoms with E-state index in [4.69, 9.17) is 9.47 Å². The fraction of sp³-hybridized carbons (Fsp3) is 0.375. The Balaban J connectivity index is 1.92. The van der Waals surface area contributed by atoms with E-state index in [1.54, 1.807) is 13.3 Å². The van der Waals surface area contributed by atoms with Crippen molar-refractivity contribution in [3.63, 3.8) is 0 Å². The van der Waals surface area contributed by atoms with Gasteiger partial charge in [-0.2, -0.15) is 0 Å². The average Bonchev–Trinajstić information content (AvgIpc) is 3.00. The van der Waals surface area contributed by atoms with Crippen LogP contribution >= 0.6 is 0 Å². The highest BCUT2D eigenvalue weighted by Crippen LogP contribution is 2.34. The predicted molar refractivity (Wildman–Crippen MR) is 78.1 cm³/mol. The molecule has 0 spiro atoms. The van der Waals surface area contributed by atoms with Gasteiger partial charge < -0.3 is 14.7 Å². The quantitative estimate of drug-likeness (QED) is 0.640. The van der Waals surface area contributed by atoms with Crippen LogP contribution in [-0.2, 0) is 0 Å². The Morgan fingerprint density at radius 1 is 1.19 bits per heavy atom. The van der Waals surface area contributed by atoms with Crippen LogP contribution in [0.15, 0.2) is 36.9 Å². The molecule has 0 saturated heterocycles. The maximum Gasteiger partial charge on any atom is 0.289 e. The van der Waals surface area contributed by atoms with E-state index in [0.29, 0.717) is 10.5 Å². The minimum absolute atomic E-state index is 0.257. The molecule has 1 fully saturated rings. The number of nitrogens with zero attached hydrogens (tertiary/aromatic N) is 2. The Labute approximate surface area is 123 Å². The summed E-state index contributed by atoms with van der Waals surface area (Å²) in [5.74, 6) is 1.44. The van der Waals surface area contributed by atoms with Crippen molar-refractivity contribution < 1.29 is 14.2 Å². The summed E-state index contributed by atoms with van der Waals surface area (Å²) in [6.45, 7) is 0. The summed E-state index contributed by atoms with van der Waals surface area (Å²) >= 11 is 0. The van der Waals surface area contributed by atoms with E-state index in [9.17, 15) is 5.21 Å². The van der Waals surface area contributed by atoms with Crippen LogP contribution in [0.5, 0.6) is 11.5 Å². The van der Waals surface area contributed by atoms with E-state index < -0.39 is 0 Å². The first kappa shape index (κ1) is 13.7. The SMILES string of the molecule is COc1ccc(-c2cnc[n+]([O-])c2)cc1OC1CCCC1. The van der Waals surface area contributed by atoms with Gasteiger partial charge in [-0.1, -0.05) is 11.1 Å². The number of hydrogen-bond donors (Lipinski definition) is 0. The molecule has 0 atom stereocenters. The lowest BCUT2D eigenvalue weighted by atomic mass is 10.1. The second kappa shape index (κ2) is 5.99. The van der Waals surface area contributed by atoms with Gasteiger partial charge in [0.1, 0.15) is 6.20 Å². The van der Waals surface area contributed by atoms with Gasteiger partial charge in [0, 0.05) is 0 Å². The molecule has 1 aromatic heterocycles. The van der Waals surface area contributed by atoms with Gasteiger partial charge in [0.2, 0.25) is 0 Å². The molecule has 1 aliphatic carbocycles. The summed E-state index contributed by atoms with van der Waals surface area (Å²) in [7, 11) is 1.63. The molecule has 1 aromatic carbocycles. The van der Waals surface area contributed by atoms with Crippen LogP contribution in [0.3, 0.4) is 0 Å². The minimum atomic E-state index is 0.257. The van der Waals surface area contributed by atoms with Gasteiger partial charge in [-0.05, 0) is 43.4 Å². The normalized spacial score (nSPS) is 15.1. The molecule has 3 rings (SSSR count). The van der Waals surface area contributed by atoms with Gasteiger partial charge in [0.15, 0.2) is 17.7 Å². The van der Waals surface area contributed by atoms with Crippen molar-refractivity contribution >= 4 is 0 Å². The lowest BCUT2D eigenvalue weighted by Gasteiger charge is -2.16. The standard InChI is InChI=1S/C16H18N2O3/c1-20-15-7-6-12(13-9-17-11-18(19)10-13)8-16(15)21-14-4-2-3-5-14/h6-11,14H,2-5H2,1H3. The maximum absolute atomic E-state index is 11.3. The van der Waals surface area contributed by atoms with Crippen molar-refractivity contribution in [2.24, 2.45) is 0 Å². The van der Waals surface area contributed by atoms with E-state index in [2.05, 4.69) is 4.98 Å². The van der Waals surface area contributed by atoms with Gasteiger partial charge in [-0.3, -0.25) is 0 Å². The third-order valence-corrected chi connectivity index (χ3v) is 3.75. The van der Waals surface area contributed by atoms with Crippen LogP contribution in [0, 0.1) is 5.21 Å². The first-order valence-corrected chi connectivity index (χ1v) is 7.15. The summed E-state index contributed by atoms with van der Waals surface area (Å²) in [4.78, 5) is 3.91. The lowest BCUT2D eigenvalue weighted by Crippen LogP contribution is -2.25. The maximum atomic E-state index is 11.3. The van der Waals surface area contributed by atoms with Crippen molar-refractivity contribution in [1.82, 2.24) is 4.98 Å². The highest BCUT2D eigenvalue weighted by atomic mass is 16.5. The average molecular weight is 286 g/mol. The molecule has 0 N–H and O–H groups in total. The third-order valence-electron chi connectivity index (χ3n) is 3.75.